The molecule has 16 heavy (non-hydrogen) atoms. The summed E-state index contributed by atoms with van der Waals surface area (Å²) in [4.78, 5) is 5.55. The van der Waals surface area contributed by atoms with Crippen molar-refractivity contribution in [1.82, 2.24) is 9.55 Å². The van der Waals surface area contributed by atoms with Crippen LogP contribution in [0.4, 0.5) is 5.95 Å². The predicted molar refractivity (Wildman–Crippen MR) is 69.4 cm³/mol. The Kier molecular flexibility index (Phi) is 3.85. The molecule has 86 valence electrons. The fourth-order valence-corrected chi connectivity index (χ4v) is 2.60. The number of nitrogens with zero attached hydrogens (tertiary/aromatic N) is 2. The predicted octanol–water partition coefficient (Wildman–Crippen LogP) is 3.27. The van der Waals surface area contributed by atoms with E-state index in [2.05, 4.69) is 27.9 Å². The van der Waals surface area contributed by atoms with Crippen molar-refractivity contribution in [1.29, 1.82) is 0 Å². The Morgan fingerprint density at radius 2 is 2.38 bits per heavy atom. The zero-order valence-corrected chi connectivity index (χ0v) is 10.7. The van der Waals surface area contributed by atoms with E-state index in [4.69, 9.17) is 11.6 Å². The van der Waals surface area contributed by atoms with E-state index in [1.165, 1.54) is 4.88 Å². The molecule has 0 radical (unpaired) electrons. The van der Waals surface area contributed by atoms with E-state index in [0.29, 0.717) is 0 Å². The summed E-state index contributed by atoms with van der Waals surface area (Å²) in [5.74, 6) is 0.935. The van der Waals surface area contributed by atoms with Crippen LogP contribution < -0.4 is 5.32 Å². The van der Waals surface area contributed by atoms with Gasteiger partial charge >= 0.3 is 0 Å². The average molecular weight is 256 g/mol. The molecule has 2 heterocycles. The number of rotatable bonds is 5. The van der Waals surface area contributed by atoms with Crippen LogP contribution in [0.2, 0.25) is 4.34 Å². The Labute approximate surface area is 104 Å². The van der Waals surface area contributed by atoms with Crippen LogP contribution in [0.25, 0.3) is 0 Å². The molecule has 0 aromatic carbocycles. The summed E-state index contributed by atoms with van der Waals surface area (Å²) < 4.78 is 2.94. The van der Waals surface area contributed by atoms with Crippen molar-refractivity contribution < 1.29 is 0 Å². The van der Waals surface area contributed by atoms with Gasteiger partial charge in [-0.15, -0.1) is 11.3 Å². The Bertz CT molecular complexity index is 450. The lowest BCUT2D eigenvalue weighted by molar-refractivity contribution is 0.762. The fraction of sp³-hybridized carbons (Fsp3) is 0.364. The third-order valence-electron chi connectivity index (χ3n) is 2.34. The molecule has 0 aliphatic heterocycles. The Morgan fingerprint density at radius 3 is 3.06 bits per heavy atom. The summed E-state index contributed by atoms with van der Waals surface area (Å²) in [6.07, 6.45) is 4.77. The van der Waals surface area contributed by atoms with Gasteiger partial charge in [-0.3, -0.25) is 0 Å². The minimum atomic E-state index is 0.852. The Balaban J connectivity index is 1.84. The highest BCUT2D eigenvalue weighted by molar-refractivity contribution is 7.16. The Hall–Kier alpha value is -1.000. The molecule has 3 nitrogen and oxygen atoms in total. The standard InChI is InChI=1S/C11H14ClN3S/c1-2-15-8-7-14-11(15)13-6-5-9-3-4-10(12)16-9/h3-4,7-8H,2,5-6H2,1H3,(H,13,14). The molecule has 0 amide bonds. The molecule has 5 heteroatoms. The minimum absolute atomic E-state index is 0.852. The highest BCUT2D eigenvalue weighted by Crippen LogP contribution is 2.21. The lowest BCUT2D eigenvalue weighted by Crippen LogP contribution is -2.09. The van der Waals surface area contributed by atoms with Crippen LogP contribution in [0.3, 0.4) is 0 Å². The SMILES string of the molecule is CCn1ccnc1NCCc1ccc(Cl)s1. The lowest BCUT2D eigenvalue weighted by atomic mass is 10.3. The molecule has 0 saturated carbocycles. The minimum Gasteiger partial charge on any atom is -0.355 e. The quantitative estimate of drug-likeness (QED) is 0.889. The van der Waals surface area contributed by atoms with Crippen molar-refractivity contribution in [3.63, 3.8) is 0 Å². The van der Waals surface area contributed by atoms with Crippen molar-refractivity contribution in [2.45, 2.75) is 19.9 Å². The molecular weight excluding hydrogens is 242 g/mol. The molecule has 1 N–H and O–H groups in total. The summed E-state index contributed by atoms with van der Waals surface area (Å²) in [5.41, 5.74) is 0. The van der Waals surface area contributed by atoms with Crippen LogP contribution in [0.15, 0.2) is 24.5 Å². The van der Waals surface area contributed by atoms with Crippen LogP contribution in [-0.2, 0) is 13.0 Å². The van der Waals surface area contributed by atoms with E-state index < -0.39 is 0 Å². The van der Waals surface area contributed by atoms with Crippen molar-refractivity contribution >= 4 is 28.9 Å². The maximum atomic E-state index is 5.87. The van der Waals surface area contributed by atoms with E-state index in [9.17, 15) is 0 Å². The monoisotopic (exact) mass is 255 g/mol. The third kappa shape index (κ3) is 2.77. The molecule has 0 spiro atoms. The van der Waals surface area contributed by atoms with E-state index in [0.717, 1.165) is 29.8 Å². The first kappa shape index (κ1) is 11.5. The van der Waals surface area contributed by atoms with Crippen LogP contribution in [0, 0.1) is 0 Å². The molecule has 2 aromatic rings. The summed E-state index contributed by atoms with van der Waals surface area (Å²) in [5, 5.41) is 3.32. The number of nitrogens with one attached hydrogen (secondary N) is 1. The zero-order chi connectivity index (χ0) is 11.4. The maximum Gasteiger partial charge on any atom is 0.202 e. The van der Waals surface area contributed by atoms with Gasteiger partial charge in [0.1, 0.15) is 0 Å². The topological polar surface area (TPSA) is 29.9 Å². The van der Waals surface area contributed by atoms with Gasteiger partial charge in [0.25, 0.3) is 0 Å². The highest BCUT2D eigenvalue weighted by atomic mass is 35.5. The van der Waals surface area contributed by atoms with Crippen LogP contribution in [-0.4, -0.2) is 16.1 Å². The first-order valence-corrected chi connectivity index (χ1v) is 6.48. The van der Waals surface area contributed by atoms with Gasteiger partial charge in [0, 0.05) is 30.4 Å². The number of thiophene rings is 1. The van der Waals surface area contributed by atoms with Crippen molar-refractivity contribution in [2.75, 3.05) is 11.9 Å². The number of aryl methyl sites for hydroxylation is 1. The highest BCUT2D eigenvalue weighted by Gasteiger charge is 2.01. The summed E-state index contributed by atoms with van der Waals surface area (Å²) in [6.45, 7) is 3.92. The van der Waals surface area contributed by atoms with Gasteiger partial charge in [-0.2, -0.15) is 0 Å². The van der Waals surface area contributed by atoms with E-state index in [1.807, 2.05) is 18.5 Å². The third-order valence-corrected chi connectivity index (χ3v) is 3.63. The molecule has 2 aromatic heterocycles. The second-order valence-corrected chi connectivity index (χ2v) is 5.22. The Morgan fingerprint density at radius 1 is 1.50 bits per heavy atom. The summed E-state index contributed by atoms with van der Waals surface area (Å²) >= 11 is 7.50. The first-order valence-electron chi connectivity index (χ1n) is 5.29. The van der Waals surface area contributed by atoms with Gasteiger partial charge in [-0.25, -0.2) is 4.98 Å². The van der Waals surface area contributed by atoms with Gasteiger partial charge in [-0.1, -0.05) is 11.6 Å². The largest absolute Gasteiger partial charge is 0.355 e. The summed E-state index contributed by atoms with van der Waals surface area (Å²) in [7, 11) is 0. The normalized spacial score (nSPS) is 10.6. The first-order chi connectivity index (χ1) is 7.79. The molecule has 0 aliphatic carbocycles. The molecule has 0 unspecified atom stereocenters. The molecule has 0 fully saturated rings. The van der Waals surface area contributed by atoms with Crippen LogP contribution in [0.5, 0.6) is 0 Å². The van der Waals surface area contributed by atoms with E-state index in [1.54, 1.807) is 11.3 Å². The van der Waals surface area contributed by atoms with Crippen molar-refractivity contribution in [3.05, 3.63) is 33.7 Å². The number of anilines is 1. The number of halogens is 1. The lowest BCUT2D eigenvalue weighted by Gasteiger charge is -2.06. The maximum absolute atomic E-state index is 5.87. The summed E-state index contributed by atoms with van der Waals surface area (Å²) in [6, 6.07) is 4.01. The van der Waals surface area contributed by atoms with Gasteiger partial charge in [0.2, 0.25) is 5.95 Å². The second-order valence-electron chi connectivity index (χ2n) is 3.42. The number of aromatic nitrogens is 2. The van der Waals surface area contributed by atoms with Crippen molar-refractivity contribution in [2.24, 2.45) is 0 Å². The van der Waals surface area contributed by atoms with E-state index >= 15 is 0 Å². The average Bonchev–Trinajstić information content (AvgIpc) is 2.87. The smallest absolute Gasteiger partial charge is 0.202 e. The van der Waals surface area contributed by atoms with Crippen LogP contribution in [0.1, 0.15) is 11.8 Å². The molecular formula is C11H14ClN3S. The molecule has 0 bridgehead atoms. The van der Waals surface area contributed by atoms with Crippen molar-refractivity contribution in [3.8, 4) is 0 Å². The molecule has 2 rings (SSSR count). The zero-order valence-electron chi connectivity index (χ0n) is 9.11. The molecule has 0 saturated heterocycles. The number of hydrogen-bond acceptors (Lipinski definition) is 3. The molecule has 0 atom stereocenters. The number of hydrogen-bond donors (Lipinski definition) is 1. The van der Waals surface area contributed by atoms with Gasteiger partial charge in [0.05, 0.1) is 4.34 Å². The van der Waals surface area contributed by atoms with Crippen LogP contribution >= 0.6 is 22.9 Å². The molecule has 0 aliphatic rings. The fourth-order valence-electron chi connectivity index (χ4n) is 1.52. The van der Waals surface area contributed by atoms with Gasteiger partial charge in [0.15, 0.2) is 0 Å². The number of imidazole rings is 1. The van der Waals surface area contributed by atoms with Gasteiger partial charge < -0.3 is 9.88 Å². The van der Waals surface area contributed by atoms with Gasteiger partial charge in [-0.05, 0) is 25.5 Å². The second kappa shape index (κ2) is 5.37. The van der Waals surface area contributed by atoms with E-state index in [-0.39, 0.29) is 0 Å².